The molecule has 2 amide bonds. The van der Waals surface area contributed by atoms with Gasteiger partial charge in [0.1, 0.15) is 0 Å². The van der Waals surface area contributed by atoms with Gasteiger partial charge in [0.25, 0.3) is 0 Å². The number of hydrogen-bond acceptors (Lipinski definition) is 7. The summed E-state index contributed by atoms with van der Waals surface area (Å²) in [5.74, 6) is 3.91. The van der Waals surface area contributed by atoms with Crippen molar-refractivity contribution >= 4 is 6.03 Å². The van der Waals surface area contributed by atoms with Gasteiger partial charge in [0.05, 0.1) is 33.0 Å². The van der Waals surface area contributed by atoms with Crippen molar-refractivity contribution in [2.24, 2.45) is 17.8 Å². The van der Waals surface area contributed by atoms with Gasteiger partial charge >= 0.3 is 6.03 Å². The molecule has 3 aromatic rings. The molecule has 9 rings (SSSR count). The van der Waals surface area contributed by atoms with Crippen LogP contribution in [0.25, 0.3) is 0 Å². The fourth-order valence-corrected chi connectivity index (χ4v) is 9.94. The van der Waals surface area contributed by atoms with E-state index in [1.807, 2.05) is 12.1 Å². The molecule has 9 heteroatoms. The minimum absolute atomic E-state index is 0.00183. The molecule has 3 aromatic carbocycles. The van der Waals surface area contributed by atoms with E-state index in [0.29, 0.717) is 6.54 Å². The summed E-state index contributed by atoms with van der Waals surface area (Å²) in [6.45, 7) is 3.01. The van der Waals surface area contributed by atoms with E-state index in [9.17, 15) is 9.90 Å². The van der Waals surface area contributed by atoms with Crippen LogP contribution in [0.1, 0.15) is 90.7 Å². The number of carbonyl (C=O) groups excluding carboxylic acids is 1. The van der Waals surface area contributed by atoms with Gasteiger partial charge in [-0.05, 0) is 103 Å². The summed E-state index contributed by atoms with van der Waals surface area (Å²) in [7, 11) is 3.36. The SMILES string of the molecule is COc1cc2c(cc1OC)CN(C[C@H]1C[C@@H](c3ccc(CO)cc3)O[C@@H](c3ccc(CNC(=O)NC45CC6CC(CC(C6)C4)C5)cc3)O1)CC2. The number of rotatable bonds is 10. The lowest BCUT2D eigenvalue weighted by molar-refractivity contribution is -0.253. The van der Waals surface area contributed by atoms with Gasteiger partial charge in [-0.25, -0.2) is 4.79 Å². The first-order chi connectivity index (χ1) is 24.4. The van der Waals surface area contributed by atoms with E-state index in [4.69, 9.17) is 18.9 Å². The van der Waals surface area contributed by atoms with Crippen LogP contribution < -0.4 is 20.1 Å². The first-order valence-electron chi connectivity index (χ1n) is 18.5. The van der Waals surface area contributed by atoms with Crippen LogP contribution in [0.5, 0.6) is 11.5 Å². The average Bonchev–Trinajstić information content (AvgIpc) is 3.12. The summed E-state index contributed by atoms with van der Waals surface area (Å²) in [6.07, 6.45) is 8.45. The maximum Gasteiger partial charge on any atom is 0.315 e. The van der Waals surface area contributed by atoms with Crippen LogP contribution in [-0.2, 0) is 35.6 Å². The lowest BCUT2D eigenvalue weighted by Crippen LogP contribution is -2.61. The number of aliphatic hydroxyl groups is 1. The van der Waals surface area contributed by atoms with Crippen molar-refractivity contribution in [3.8, 4) is 11.5 Å². The maximum atomic E-state index is 13.1. The number of methoxy groups -OCH3 is 2. The Labute approximate surface area is 295 Å². The standard InChI is InChI=1S/C41H51N3O6/c1-47-37-16-33-11-12-44(23-34(33)17-38(37)48-2)24-35-18-36(31-7-5-27(25-45)6-8-31)50-39(49-35)32-9-3-26(4-10-32)22-42-40(46)43-41-19-28-13-29(20-41)15-30(14-28)21-41/h3-10,16-17,28-30,35-36,39,45H,11-15,18-25H2,1-2H3,(H2,42,43,46)/t28?,29?,30?,35-,36+,39+,41?/m1/s1. The van der Waals surface area contributed by atoms with Crippen LogP contribution in [0.3, 0.4) is 0 Å². The molecular formula is C41H51N3O6. The second-order valence-corrected chi connectivity index (χ2v) is 15.6. The summed E-state index contributed by atoms with van der Waals surface area (Å²) < 4.78 is 24.4. The number of amides is 2. The molecule has 50 heavy (non-hydrogen) atoms. The molecule has 266 valence electrons. The second-order valence-electron chi connectivity index (χ2n) is 15.6. The highest BCUT2D eigenvalue weighted by molar-refractivity contribution is 5.75. The Morgan fingerprint density at radius 3 is 2.10 bits per heavy atom. The molecule has 0 radical (unpaired) electrons. The molecule has 3 atom stereocenters. The topological polar surface area (TPSA) is 102 Å². The largest absolute Gasteiger partial charge is 0.493 e. The van der Waals surface area contributed by atoms with Crippen molar-refractivity contribution in [1.29, 1.82) is 0 Å². The van der Waals surface area contributed by atoms with Crippen LogP contribution in [0.15, 0.2) is 60.7 Å². The highest BCUT2D eigenvalue weighted by Gasteiger charge is 2.51. The van der Waals surface area contributed by atoms with E-state index < -0.39 is 6.29 Å². The molecule has 5 fully saturated rings. The normalized spacial score (nSPS) is 30.1. The van der Waals surface area contributed by atoms with E-state index in [0.717, 1.165) is 103 Å². The predicted octanol–water partition coefficient (Wildman–Crippen LogP) is 6.57. The number of benzene rings is 3. The van der Waals surface area contributed by atoms with Crippen molar-refractivity contribution in [3.63, 3.8) is 0 Å². The quantitative estimate of drug-likeness (QED) is 0.223. The maximum absolute atomic E-state index is 13.1. The number of ether oxygens (including phenoxy) is 4. The van der Waals surface area contributed by atoms with Gasteiger partial charge in [0.2, 0.25) is 0 Å². The monoisotopic (exact) mass is 681 g/mol. The van der Waals surface area contributed by atoms with Gasteiger partial charge in [-0.2, -0.15) is 0 Å². The number of urea groups is 1. The molecular weight excluding hydrogens is 630 g/mol. The minimum Gasteiger partial charge on any atom is -0.493 e. The van der Waals surface area contributed by atoms with Crippen LogP contribution >= 0.6 is 0 Å². The summed E-state index contributed by atoms with van der Waals surface area (Å²) in [6, 6.07) is 20.4. The number of hydrogen-bond donors (Lipinski definition) is 3. The van der Waals surface area contributed by atoms with Gasteiger partial charge in [-0.3, -0.25) is 4.90 Å². The van der Waals surface area contributed by atoms with Gasteiger partial charge in [-0.15, -0.1) is 0 Å². The molecule has 0 spiro atoms. The van der Waals surface area contributed by atoms with Crippen LogP contribution in [0, 0.1) is 17.8 Å². The summed E-state index contributed by atoms with van der Waals surface area (Å²) in [5.41, 5.74) is 6.50. The Morgan fingerprint density at radius 1 is 0.840 bits per heavy atom. The summed E-state index contributed by atoms with van der Waals surface area (Å²) in [4.78, 5) is 15.5. The molecule has 3 N–H and O–H groups in total. The van der Waals surface area contributed by atoms with Crippen molar-refractivity contribution < 1.29 is 28.8 Å². The fraction of sp³-hybridized carbons (Fsp3) is 0.537. The average molecular weight is 682 g/mol. The van der Waals surface area contributed by atoms with E-state index in [2.05, 4.69) is 64.1 Å². The summed E-state index contributed by atoms with van der Waals surface area (Å²) in [5, 5.41) is 16.2. The van der Waals surface area contributed by atoms with Crippen LogP contribution in [0.4, 0.5) is 4.79 Å². The number of aliphatic hydroxyl groups excluding tert-OH is 1. The van der Waals surface area contributed by atoms with Crippen LogP contribution in [-0.4, -0.2) is 55.0 Å². The molecule has 4 aliphatic carbocycles. The molecule has 0 unspecified atom stereocenters. The van der Waals surface area contributed by atoms with Gasteiger partial charge in [0, 0.05) is 43.7 Å². The third-order valence-corrected chi connectivity index (χ3v) is 12.0. The lowest BCUT2D eigenvalue weighted by Gasteiger charge is -2.56. The third kappa shape index (κ3) is 7.11. The first kappa shape index (κ1) is 33.5. The van der Waals surface area contributed by atoms with Gasteiger partial charge in [-0.1, -0.05) is 48.5 Å². The molecule has 6 aliphatic rings. The molecule has 4 bridgehead atoms. The van der Waals surface area contributed by atoms with Crippen molar-refractivity contribution in [1.82, 2.24) is 15.5 Å². The zero-order chi connectivity index (χ0) is 34.2. The van der Waals surface area contributed by atoms with E-state index >= 15 is 0 Å². The molecule has 9 nitrogen and oxygen atoms in total. The predicted molar refractivity (Wildman–Crippen MR) is 190 cm³/mol. The Morgan fingerprint density at radius 2 is 1.46 bits per heavy atom. The highest BCUT2D eigenvalue weighted by atomic mass is 16.7. The smallest absolute Gasteiger partial charge is 0.315 e. The van der Waals surface area contributed by atoms with E-state index in [1.165, 1.54) is 30.4 Å². The molecule has 2 aliphatic heterocycles. The molecule has 1 saturated heterocycles. The number of nitrogens with one attached hydrogen (secondary N) is 2. The minimum atomic E-state index is -0.529. The summed E-state index contributed by atoms with van der Waals surface area (Å²) >= 11 is 0. The van der Waals surface area contributed by atoms with Gasteiger partial charge in [0.15, 0.2) is 17.8 Å². The molecule has 0 aromatic heterocycles. The zero-order valence-corrected chi connectivity index (χ0v) is 29.4. The first-order valence-corrected chi connectivity index (χ1v) is 18.5. The van der Waals surface area contributed by atoms with Crippen molar-refractivity contribution in [2.45, 2.75) is 95.1 Å². The Balaban J connectivity index is 0.925. The number of fused-ring (bicyclic) bond motifs is 1. The number of carbonyl (C=O) groups is 1. The van der Waals surface area contributed by atoms with E-state index in [-0.39, 0.29) is 30.4 Å². The fourth-order valence-electron chi connectivity index (χ4n) is 9.94. The van der Waals surface area contributed by atoms with Crippen molar-refractivity contribution in [2.75, 3.05) is 27.3 Å². The Bertz CT molecular complexity index is 1620. The third-order valence-electron chi connectivity index (χ3n) is 12.0. The lowest BCUT2D eigenvalue weighted by atomic mass is 9.53. The zero-order valence-electron chi connectivity index (χ0n) is 29.4. The van der Waals surface area contributed by atoms with E-state index in [1.54, 1.807) is 14.2 Å². The highest BCUT2D eigenvalue weighted by Crippen LogP contribution is 2.55. The van der Waals surface area contributed by atoms with Crippen LogP contribution in [0.2, 0.25) is 0 Å². The van der Waals surface area contributed by atoms with Crippen molar-refractivity contribution in [3.05, 3.63) is 94.0 Å². The second kappa shape index (κ2) is 14.2. The molecule has 4 saturated carbocycles. The molecule has 2 heterocycles. The Kier molecular flexibility index (Phi) is 9.50. The Hall–Kier alpha value is -3.63. The van der Waals surface area contributed by atoms with Gasteiger partial charge < -0.3 is 34.7 Å². The number of nitrogens with zero attached hydrogens (tertiary/aromatic N) is 1.